The van der Waals surface area contributed by atoms with Crippen LogP contribution in [0.2, 0.25) is 0 Å². The fourth-order valence-electron chi connectivity index (χ4n) is 4.13. The van der Waals surface area contributed by atoms with Gasteiger partial charge in [-0.25, -0.2) is 0 Å². The van der Waals surface area contributed by atoms with E-state index in [0.717, 1.165) is 29.8 Å². The lowest BCUT2D eigenvalue weighted by Crippen LogP contribution is -2.34. The minimum Gasteiger partial charge on any atom is -0.338 e. The van der Waals surface area contributed by atoms with Gasteiger partial charge in [0, 0.05) is 42.7 Å². The van der Waals surface area contributed by atoms with Crippen molar-refractivity contribution >= 4 is 17.5 Å². The summed E-state index contributed by atoms with van der Waals surface area (Å²) < 4.78 is 0. The summed E-state index contributed by atoms with van der Waals surface area (Å²) in [5.74, 6) is 0.238. The van der Waals surface area contributed by atoms with Crippen molar-refractivity contribution in [1.82, 2.24) is 4.90 Å². The van der Waals surface area contributed by atoms with Crippen molar-refractivity contribution < 1.29 is 9.59 Å². The Balaban J connectivity index is 1.52. The van der Waals surface area contributed by atoms with Crippen molar-refractivity contribution in [3.8, 4) is 0 Å². The number of anilines is 1. The Labute approximate surface area is 148 Å². The van der Waals surface area contributed by atoms with Gasteiger partial charge in [0.1, 0.15) is 0 Å². The second kappa shape index (κ2) is 6.03. The second-order valence-corrected chi connectivity index (χ2v) is 7.29. The first kappa shape index (κ1) is 15.9. The molecule has 2 fully saturated rings. The number of para-hydroxylation sites is 1. The number of nitrogens with zero attached hydrogens (tertiary/aromatic N) is 2. The van der Waals surface area contributed by atoms with Crippen molar-refractivity contribution in [1.29, 1.82) is 0 Å². The molecular formula is C21H22N2O2. The Morgan fingerprint density at radius 2 is 1.72 bits per heavy atom. The molecule has 0 unspecified atom stereocenters. The summed E-state index contributed by atoms with van der Waals surface area (Å²) in [6.45, 7) is 4.13. The van der Waals surface area contributed by atoms with Crippen LogP contribution in [-0.4, -0.2) is 36.3 Å². The predicted molar refractivity (Wildman–Crippen MR) is 97.5 cm³/mol. The normalized spacial score (nSPS) is 22.8. The fraction of sp³-hybridized carbons (Fsp3) is 0.333. The molecule has 4 heteroatoms. The number of hydrogen-bond donors (Lipinski definition) is 0. The Morgan fingerprint density at radius 1 is 1.00 bits per heavy atom. The highest BCUT2D eigenvalue weighted by Gasteiger charge is 2.49. The summed E-state index contributed by atoms with van der Waals surface area (Å²) >= 11 is 0. The highest BCUT2D eigenvalue weighted by molar-refractivity contribution is 5.98. The fourth-order valence-corrected chi connectivity index (χ4v) is 4.13. The molecule has 0 saturated carbocycles. The number of aryl methyl sites for hydroxylation is 1. The molecule has 4 rings (SSSR count). The number of hydrogen-bond acceptors (Lipinski definition) is 2. The Bertz CT molecular complexity index is 818. The van der Waals surface area contributed by atoms with Gasteiger partial charge in [-0.1, -0.05) is 36.4 Å². The van der Waals surface area contributed by atoms with Crippen LogP contribution < -0.4 is 4.90 Å². The van der Waals surface area contributed by atoms with Gasteiger partial charge in [0.2, 0.25) is 5.91 Å². The van der Waals surface area contributed by atoms with Gasteiger partial charge in [-0.05, 0) is 37.1 Å². The standard InChI is InChI=1S/C21H22N2O2/c1-16-7-5-6-10-18(16)23-15-21(13-19(23)24)11-12-22(14-21)20(25)17-8-3-2-4-9-17/h2-10H,11-15H2,1H3/t21-/m1/s1. The molecule has 0 bridgehead atoms. The van der Waals surface area contributed by atoms with Crippen LogP contribution in [0.5, 0.6) is 0 Å². The van der Waals surface area contributed by atoms with Gasteiger partial charge in [0.15, 0.2) is 0 Å². The molecule has 1 atom stereocenters. The number of carbonyl (C=O) groups is 2. The maximum Gasteiger partial charge on any atom is 0.253 e. The van der Waals surface area contributed by atoms with Crippen LogP contribution in [0.1, 0.15) is 28.8 Å². The molecule has 4 nitrogen and oxygen atoms in total. The van der Waals surface area contributed by atoms with Gasteiger partial charge in [-0.15, -0.1) is 0 Å². The van der Waals surface area contributed by atoms with Crippen LogP contribution in [0.4, 0.5) is 5.69 Å². The van der Waals surface area contributed by atoms with Crippen LogP contribution in [0.25, 0.3) is 0 Å². The monoisotopic (exact) mass is 334 g/mol. The van der Waals surface area contributed by atoms with Gasteiger partial charge >= 0.3 is 0 Å². The van der Waals surface area contributed by atoms with Crippen LogP contribution >= 0.6 is 0 Å². The van der Waals surface area contributed by atoms with Crippen molar-refractivity contribution in [2.24, 2.45) is 5.41 Å². The minimum atomic E-state index is -0.107. The number of rotatable bonds is 2. The van der Waals surface area contributed by atoms with Crippen molar-refractivity contribution in [3.05, 3.63) is 65.7 Å². The zero-order valence-corrected chi connectivity index (χ0v) is 14.4. The number of likely N-dealkylation sites (tertiary alicyclic amines) is 1. The summed E-state index contributed by atoms with van der Waals surface area (Å²) in [5.41, 5.74) is 2.73. The largest absolute Gasteiger partial charge is 0.338 e. The first-order chi connectivity index (χ1) is 12.1. The van der Waals surface area contributed by atoms with E-state index in [-0.39, 0.29) is 17.2 Å². The van der Waals surface area contributed by atoms with Crippen molar-refractivity contribution in [2.45, 2.75) is 19.8 Å². The van der Waals surface area contributed by atoms with E-state index in [1.165, 1.54) is 0 Å². The predicted octanol–water partition coefficient (Wildman–Crippen LogP) is 3.26. The van der Waals surface area contributed by atoms with Crippen LogP contribution in [0, 0.1) is 12.3 Å². The van der Waals surface area contributed by atoms with E-state index in [0.29, 0.717) is 19.5 Å². The van der Waals surface area contributed by atoms with Gasteiger partial charge < -0.3 is 9.80 Å². The van der Waals surface area contributed by atoms with E-state index >= 15 is 0 Å². The lowest BCUT2D eigenvalue weighted by atomic mass is 9.86. The third-order valence-electron chi connectivity index (χ3n) is 5.47. The lowest BCUT2D eigenvalue weighted by molar-refractivity contribution is -0.117. The molecule has 2 saturated heterocycles. The second-order valence-electron chi connectivity index (χ2n) is 7.29. The number of amides is 2. The molecule has 2 aliphatic rings. The highest BCUT2D eigenvalue weighted by Crippen LogP contribution is 2.42. The van der Waals surface area contributed by atoms with E-state index in [2.05, 4.69) is 0 Å². The topological polar surface area (TPSA) is 40.6 Å². The highest BCUT2D eigenvalue weighted by atomic mass is 16.2. The molecule has 0 aromatic heterocycles. The average Bonchev–Trinajstić information content (AvgIpc) is 3.18. The Hall–Kier alpha value is -2.62. The Morgan fingerprint density at radius 3 is 2.48 bits per heavy atom. The molecule has 0 aliphatic carbocycles. The van der Waals surface area contributed by atoms with Crippen LogP contribution in [0.3, 0.4) is 0 Å². The van der Waals surface area contributed by atoms with Gasteiger partial charge in [0.25, 0.3) is 5.91 Å². The zero-order chi connectivity index (χ0) is 17.4. The number of benzene rings is 2. The molecule has 2 amide bonds. The third kappa shape index (κ3) is 2.82. The van der Waals surface area contributed by atoms with E-state index in [1.54, 1.807) is 0 Å². The van der Waals surface area contributed by atoms with E-state index < -0.39 is 0 Å². The summed E-state index contributed by atoms with van der Waals surface area (Å²) in [6, 6.07) is 17.4. The third-order valence-corrected chi connectivity index (χ3v) is 5.47. The van der Waals surface area contributed by atoms with Crippen LogP contribution in [-0.2, 0) is 4.79 Å². The quantitative estimate of drug-likeness (QED) is 0.846. The molecule has 2 aliphatic heterocycles. The van der Waals surface area contributed by atoms with Gasteiger partial charge in [0.05, 0.1) is 0 Å². The lowest BCUT2D eigenvalue weighted by Gasteiger charge is -2.25. The van der Waals surface area contributed by atoms with E-state index in [9.17, 15) is 9.59 Å². The van der Waals surface area contributed by atoms with Gasteiger partial charge in [-0.2, -0.15) is 0 Å². The minimum absolute atomic E-state index is 0.0688. The molecule has 128 valence electrons. The first-order valence-electron chi connectivity index (χ1n) is 8.78. The van der Waals surface area contributed by atoms with E-state index in [1.807, 2.05) is 71.3 Å². The zero-order valence-electron chi connectivity index (χ0n) is 14.4. The first-order valence-corrected chi connectivity index (χ1v) is 8.78. The SMILES string of the molecule is Cc1ccccc1N1C[C@]2(CCN(C(=O)c3ccccc3)C2)CC1=O. The molecule has 2 aromatic rings. The summed E-state index contributed by atoms with van der Waals surface area (Å²) in [6.07, 6.45) is 1.42. The molecular weight excluding hydrogens is 312 g/mol. The summed E-state index contributed by atoms with van der Waals surface area (Å²) in [4.78, 5) is 29.2. The maximum atomic E-state index is 12.7. The van der Waals surface area contributed by atoms with Crippen LogP contribution in [0.15, 0.2) is 54.6 Å². The smallest absolute Gasteiger partial charge is 0.253 e. The van der Waals surface area contributed by atoms with E-state index in [4.69, 9.17) is 0 Å². The molecule has 25 heavy (non-hydrogen) atoms. The summed E-state index contributed by atoms with van der Waals surface area (Å²) in [5, 5.41) is 0. The molecule has 2 aromatic carbocycles. The van der Waals surface area contributed by atoms with Gasteiger partial charge in [-0.3, -0.25) is 9.59 Å². The van der Waals surface area contributed by atoms with Crippen molar-refractivity contribution in [3.63, 3.8) is 0 Å². The number of carbonyl (C=O) groups excluding carboxylic acids is 2. The Kier molecular flexibility index (Phi) is 3.83. The molecule has 1 spiro atoms. The average molecular weight is 334 g/mol. The maximum absolute atomic E-state index is 12.7. The summed E-state index contributed by atoms with van der Waals surface area (Å²) in [7, 11) is 0. The van der Waals surface area contributed by atoms with Crippen molar-refractivity contribution in [2.75, 3.05) is 24.5 Å². The molecule has 2 heterocycles. The molecule has 0 N–H and O–H groups in total. The molecule has 0 radical (unpaired) electrons.